The first-order valence-electron chi connectivity index (χ1n) is 12.5. The Morgan fingerprint density at radius 3 is 2.69 bits per heavy atom. The van der Waals surface area contributed by atoms with Gasteiger partial charge < -0.3 is 29.8 Å². The number of piperidine rings is 1. The molecule has 3 heterocycles. The number of fused-ring (bicyclic) bond motifs is 2. The lowest BCUT2D eigenvalue weighted by Crippen LogP contribution is -2.43. The van der Waals surface area contributed by atoms with Crippen LogP contribution in [-0.4, -0.2) is 60.2 Å². The summed E-state index contributed by atoms with van der Waals surface area (Å²) in [5.41, 5.74) is 3.39. The smallest absolute Gasteiger partial charge is 0.251 e. The van der Waals surface area contributed by atoms with Crippen LogP contribution in [0, 0.1) is 0 Å². The Morgan fingerprint density at radius 2 is 1.92 bits per heavy atom. The van der Waals surface area contributed by atoms with Crippen molar-refractivity contribution in [3.63, 3.8) is 0 Å². The molecule has 0 atom stereocenters. The maximum absolute atomic E-state index is 13.0. The van der Waals surface area contributed by atoms with Gasteiger partial charge in [0.1, 0.15) is 5.75 Å². The van der Waals surface area contributed by atoms with Gasteiger partial charge in [0.05, 0.1) is 18.2 Å². The summed E-state index contributed by atoms with van der Waals surface area (Å²) in [5.74, 6) is 0.392. The molecule has 1 saturated heterocycles. The fourth-order valence-corrected chi connectivity index (χ4v) is 5.11. The van der Waals surface area contributed by atoms with Crippen LogP contribution in [0.2, 0.25) is 0 Å². The van der Waals surface area contributed by atoms with E-state index in [1.807, 2.05) is 24.4 Å². The minimum atomic E-state index is -0.267. The van der Waals surface area contributed by atoms with Gasteiger partial charge in [-0.3, -0.25) is 9.59 Å². The average molecular weight is 488 g/mol. The Hall–Kier alpha value is -3.62. The molecule has 1 aliphatic rings. The highest BCUT2D eigenvalue weighted by atomic mass is 16.5. The number of likely N-dealkylation sites (tertiary alicyclic amines) is 1. The second-order valence-electron chi connectivity index (χ2n) is 9.41. The van der Waals surface area contributed by atoms with Crippen molar-refractivity contribution in [2.24, 2.45) is 0 Å². The summed E-state index contributed by atoms with van der Waals surface area (Å²) in [4.78, 5) is 31.0. The van der Waals surface area contributed by atoms with Crippen molar-refractivity contribution >= 4 is 27.7 Å². The molecular formula is C28H33N5O3. The minimum absolute atomic E-state index is 0.176. The number of aromatic nitrogens is 2. The summed E-state index contributed by atoms with van der Waals surface area (Å²) in [7, 11) is 3.17. The largest absolute Gasteiger partial charge is 0.497 e. The van der Waals surface area contributed by atoms with E-state index in [0.717, 1.165) is 49.9 Å². The molecule has 2 aromatic carbocycles. The number of rotatable bonds is 8. The molecule has 3 N–H and O–H groups in total. The van der Waals surface area contributed by atoms with Crippen molar-refractivity contribution in [1.29, 1.82) is 0 Å². The van der Waals surface area contributed by atoms with E-state index in [-0.39, 0.29) is 11.5 Å². The summed E-state index contributed by atoms with van der Waals surface area (Å²) in [5, 5.41) is 8.32. The van der Waals surface area contributed by atoms with Crippen molar-refractivity contribution in [1.82, 2.24) is 25.1 Å². The number of aromatic amines is 1. The van der Waals surface area contributed by atoms with E-state index < -0.39 is 0 Å². The number of carbonyl (C=O) groups is 1. The maximum Gasteiger partial charge on any atom is 0.251 e. The highest BCUT2D eigenvalue weighted by Crippen LogP contribution is 2.23. The topological polar surface area (TPSA) is 91.4 Å². The van der Waals surface area contributed by atoms with Crippen LogP contribution in [0.15, 0.2) is 59.5 Å². The van der Waals surface area contributed by atoms with Crippen molar-refractivity contribution in [2.45, 2.75) is 32.0 Å². The average Bonchev–Trinajstić information content (AvgIpc) is 3.39. The zero-order chi connectivity index (χ0) is 25.1. The molecule has 1 amide bonds. The van der Waals surface area contributed by atoms with Crippen molar-refractivity contribution < 1.29 is 9.53 Å². The lowest BCUT2D eigenvalue weighted by atomic mass is 10.0. The summed E-state index contributed by atoms with van der Waals surface area (Å²) in [6, 6.07) is 16.1. The molecule has 5 rings (SSSR count). The quantitative estimate of drug-likeness (QED) is 0.355. The van der Waals surface area contributed by atoms with Gasteiger partial charge in [-0.2, -0.15) is 0 Å². The SMILES string of the molecule is CNC(=O)c1cc(=O)n(CCN2CCC(NCc3ccc4cc[nH]c4c3)CC2)c2cc(OC)ccc12. The number of hydrogen-bond acceptors (Lipinski definition) is 5. The lowest BCUT2D eigenvalue weighted by molar-refractivity contribution is 0.0964. The van der Waals surface area contributed by atoms with E-state index in [1.54, 1.807) is 18.7 Å². The fraction of sp³-hybridized carbons (Fsp3) is 0.357. The molecule has 1 aliphatic heterocycles. The molecule has 4 aromatic rings. The van der Waals surface area contributed by atoms with Crippen LogP contribution in [0.4, 0.5) is 0 Å². The number of benzene rings is 2. The van der Waals surface area contributed by atoms with Gasteiger partial charge in [0.15, 0.2) is 0 Å². The van der Waals surface area contributed by atoms with Crippen LogP contribution in [0.1, 0.15) is 28.8 Å². The molecule has 0 radical (unpaired) electrons. The van der Waals surface area contributed by atoms with Crippen molar-refractivity contribution in [3.8, 4) is 5.75 Å². The Balaban J connectivity index is 1.21. The summed E-state index contributed by atoms with van der Waals surface area (Å²) in [6.07, 6.45) is 4.12. The maximum atomic E-state index is 13.0. The number of methoxy groups -OCH3 is 1. The van der Waals surface area contributed by atoms with E-state index in [9.17, 15) is 9.59 Å². The Bertz CT molecular complexity index is 1430. The Labute approximate surface area is 210 Å². The van der Waals surface area contributed by atoms with E-state index in [2.05, 4.69) is 44.8 Å². The van der Waals surface area contributed by atoms with Crippen LogP contribution in [0.5, 0.6) is 5.75 Å². The number of nitrogens with zero attached hydrogens (tertiary/aromatic N) is 2. The van der Waals surface area contributed by atoms with Crippen molar-refractivity contribution in [2.75, 3.05) is 33.8 Å². The predicted molar refractivity (Wildman–Crippen MR) is 143 cm³/mol. The number of amides is 1. The number of H-pyrrole nitrogens is 1. The third-order valence-electron chi connectivity index (χ3n) is 7.23. The zero-order valence-corrected chi connectivity index (χ0v) is 20.8. The van der Waals surface area contributed by atoms with Crippen molar-refractivity contribution in [3.05, 3.63) is 76.2 Å². The minimum Gasteiger partial charge on any atom is -0.497 e. The van der Waals surface area contributed by atoms with Crippen LogP contribution in [0.25, 0.3) is 21.8 Å². The van der Waals surface area contributed by atoms with E-state index >= 15 is 0 Å². The van der Waals surface area contributed by atoms with Gasteiger partial charge in [0, 0.05) is 62.0 Å². The highest BCUT2D eigenvalue weighted by Gasteiger charge is 2.20. The normalized spacial score (nSPS) is 14.9. The zero-order valence-electron chi connectivity index (χ0n) is 20.8. The molecule has 0 aliphatic carbocycles. The fourth-order valence-electron chi connectivity index (χ4n) is 5.11. The number of pyridine rings is 1. The molecule has 1 fully saturated rings. The van der Waals surface area contributed by atoms with Crippen LogP contribution in [0.3, 0.4) is 0 Å². The molecular weight excluding hydrogens is 454 g/mol. The first-order valence-corrected chi connectivity index (χ1v) is 12.5. The van der Waals surface area contributed by atoms with Gasteiger partial charge in [-0.15, -0.1) is 0 Å². The highest BCUT2D eigenvalue weighted by molar-refractivity contribution is 6.06. The summed E-state index contributed by atoms with van der Waals surface area (Å²) >= 11 is 0. The summed E-state index contributed by atoms with van der Waals surface area (Å²) in [6.45, 7) is 4.17. The number of hydrogen-bond donors (Lipinski definition) is 3. The first-order chi connectivity index (χ1) is 17.6. The first kappa shape index (κ1) is 24.1. The van der Waals surface area contributed by atoms with E-state index in [0.29, 0.717) is 23.9 Å². The monoisotopic (exact) mass is 487 g/mol. The molecule has 2 aromatic heterocycles. The molecule has 188 valence electrons. The number of nitrogens with one attached hydrogen (secondary N) is 3. The third kappa shape index (κ3) is 5.01. The second-order valence-corrected chi connectivity index (χ2v) is 9.41. The van der Waals surface area contributed by atoms with E-state index in [1.165, 1.54) is 22.5 Å². The van der Waals surface area contributed by atoms with Gasteiger partial charge in [-0.25, -0.2) is 0 Å². The van der Waals surface area contributed by atoms with Gasteiger partial charge in [-0.1, -0.05) is 12.1 Å². The van der Waals surface area contributed by atoms with Crippen LogP contribution >= 0.6 is 0 Å². The van der Waals surface area contributed by atoms with Gasteiger partial charge in [0.25, 0.3) is 11.5 Å². The molecule has 36 heavy (non-hydrogen) atoms. The van der Waals surface area contributed by atoms with Gasteiger partial charge >= 0.3 is 0 Å². The summed E-state index contributed by atoms with van der Waals surface area (Å²) < 4.78 is 7.14. The van der Waals surface area contributed by atoms with Gasteiger partial charge in [-0.05, 0) is 61.1 Å². The molecule has 0 unspecified atom stereocenters. The van der Waals surface area contributed by atoms with Crippen LogP contribution < -0.4 is 20.9 Å². The molecule has 0 bridgehead atoms. The predicted octanol–water partition coefficient (Wildman–Crippen LogP) is 3.11. The number of carbonyl (C=O) groups excluding carboxylic acids is 1. The Kier molecular flexibility index (Phi) is 7.06. The molecule has 0 saturated carbocycles. The molecule has 0 spiro atoms. The lowest BCUT2D eigenvalue weighted by Gasteiger charge is -2.32. The van der Waals surface area contributed by atoms with E-state index in [4.69, 9.17) is 4.74 Å². The standard InChI is InChI=1S/C28H33N5O3/c1-29-28(35)24-17-27(34)33(26-16-22(36-2)5-6-23(24)26)14-13-32-11-8-21(9-12-32)31-18-19-3-4-20-7-10-30-25(20)15-19/h3-7,10,15-17,21,30-31H,8-9,11-14,18H2,1-2H3,(H,29,35). The van der Waals surface area contributed by atoms with Crippen LogP contribution in [-0.2, 0) is 13.1 Å². The molecule has 8 heteroatoms. The third-order valence-corrected chi connectivity index (χ3v) is 7.23. The number of ether oxygens (including phenoxy) is 1. The second kappa shape index (κ2) is 10.6. The Morgan fingerprint density at radius 1 is 1.08 bits per heavy atom. The molecule has 8 nitrogen and oxygen atoms in total. The van der Waals surface area contributed by atoms with Gasteiger partial charge in [0.2, 0.25) is 0 Å².